The van der Waals surface area contributed by atoms with E-state index in [0.29, 0.717) is 0 Å². The smallest absolute Gasteiger partial charge is 0.407 e. The quantitative estimate of drug-likeness (QED) is 0.627. The molecule has 16 heavy (non-hydrogen) atoms. The minimum Gasteiger partial charge on any atom is -0.444 e. The molecule has 0 heterocycles. The van der Waals surface area contributed by atoms with E-state index in [1.807, 2.05) is 0 Å². The Bertz CT molecular complexity index is 248. The molecule has 0 rings (SSSR count). The molecule has 0 radical (unpaired) electrons. The molecule has 0 saturated heterocycles. The fourth-order valence-electron chi connectivity index (χ4n) is 0.926. The number of rotatable bonds is 5. The van der Waals surface area contributed by atoms with Gasteiger partial charge in [0, 0.05) is 13.0 Å². The summed E-state index contributed by atoms with van der Waals surface area (Å²) in [5, 5.41) is 11.8. The second-order valence-electron chi connectivity index (χ2n) is 4.54. The topological polar surface area (TPSA) is 102 Å². The number of carbonyl (C=O) groups excluding carboxylic acids is 2. The Hall–Kier alpha value is -1.30. The van der Waals surface area contributed by atoms with E-state index < -0.39 is 23.7 Å². The number of amides is 2. The number of primary amides is 1. The minimum atomic E-state index is -0.792. The normalized spacial score (nSPS) is 13.0. The Balaban J connectivity index is 3.71. The zero-order valence-electron chi connectivity index (χ0n) is 9.95. The molecule has 0 saturated carbocycles. The molecule has 0 fully saturated rings. The second kappa shape index (κ2) is 6.32. The van der Waals surface area contributed by atoms with Crippen LogP contribution in [0.1, 0.15) is 33.6 Å². The molecular formula is C10H20N2O4. The monoisotopic (exact) mass is 232 g/mol. The molecule has 0 bridgehead atoms. The maximum atomic E-state index is 11.2. The molecular weight excluding hydrogens is 212 g/mol. The van der Waals surface area contributed by atoms with Crippen LogP contribution in [0.5, 0.6) is 0 Å². The van der Waals surface area contributed by atoms with Gasteiger partial charge in [-0.05, 0) is 27.2 Å². The Morgan fingerprint density at radius 3 is 2.44 bits per heavy atom. The minimum absolute atomic E-state index is 0.0438. The Morgan fingerprint density at radius 2 is 2.00 bits per heavy atom. The van der Waals surface area contributed by atoms with Crippen molar-refractivity contribution in [3.8, 4) is 0 Å². The van der Waals surface area contributed by atoms with Crippen molar-refractivity contribution in [3.63, 3.8) is 0 Å². The van der Waals surface area contributed by atoms with Crippen LogP contribution in [0.25, 0.3) is 0 Å². The first-order valence-corrected chi connectivity index (χ1v) is 5.14. The van der Waals surface area contributed by atoms with Crippen LogP contribution in [-0.2, 0) is 9.53 Å². The van der Waals surface area contributed by atoms with E-state index in [2.05, 4.69) is 5.32 Å². The van der Waals surface area contributed by atoms with Gasteiger partial charge in [-0.15, -0.1) is 0 Å². The summed E-state index contributed by atoms with van der Waals surface area (Å²) < 4.78 is 4.96. The summed E-state index contributed by atoms with van der Waals surface area (Å²) in [5.74, 6) is -0.476. The van der Waals surface area contributed by atoms with Crippen molar-refractivity contribution < 1.29 is 19.4 Å². The van der Waals surface area contributed by atoms with Crippen molar-refractivity contribution in [1.82, 2.24) is 5.32 Å². The summed E-state index contributed by atoms with van der Waals surface area (Å²) in [4.78, 5) is 21.6. The van der Waals surface area contributed by atoms with Crippen LogP contribution in [0.3, 0.4) is 0 Å². The summed E-state index contributed by atoms with van der Waals surface area (Å²) in [6, 6.07) is 0. The molecule has 94 valence electrons. The molecule has 0 aliphatic heterocycles. The third-order valence-electron chi connectivity index (χ3n) is 1.60. The lowest BCUT2D eigenvalue weighted by molar-refractivity contribution is -0.118. The molecule has 0 aliphatic carbocycles. The molecule has 1 atom stereocenters. The van der Waals surface area contributed by atoms with Crippen LogP contribution in [-0.4, -0.2) is 35.4 Å². The highest BCUT2D eigenvalue weighted by Gasteiger charge is 2.16. The van der Waals surface area contributed by atoms with Gasteiger partial charge < -0.3 is 20.9 Å². The molecule has 0 aromatic carbocycles. The summed E-state index contributed by atoms with van der Waals surface area (Å²) >= 11 is 0. The van der Waals surface area contributed by atoms with E-state index in [1.54, 1.807) is 20.8 Å². The number of aliphatic hydroxyl groups is 1. The van der Waals surface area contributed by atoms with Crippen molar-refractivity contribution in [2.24, 2.45) is 5.73 Å². The molecule has 0 aromatic rings. The lowest BCUT2D eigenvalue weighted by Crippen LogP contribution is -2.37. The molecule has 0 aromatic heterocycles. The molecule has 6 heteroatoms. The number of hydrogen-bond donors (Lipinski definition) is 3. The van der Waals surface area contributed by atoms with E-state index >= 15 is 0 Å². The first-order valence-electron chi connectivity index (χ1n) is 5.14. The Morgan fingerprint density at radius 1 is 1.44 bits per heavy atom. The van der Waals surface area contributed by atoms with Gasteiger partial charge >= 0.3 is 6.09 Å². The van der Waals surface area contributed by atoms with Crippen LogP contribution in [0.15, 0.2) is 0 Å². The third-order valence-corrected chi connectivity index (χ3v) is 1.60. The third kappa shape index (κ3) is 9.26. The maximum absolute atomic E-state index is 11.2. The van der Waals surface area contributed by atoms with Crippen molar-refractivity contribution in [3.05, 3.63) is 0 Å². The molecule has 0 unspecified atom stereocenters. The number of aliphatic hydroxyl groups excluding tert-OH is 1. The first kappa shape index (κ1) is 14.7. The lowest BCUT2D eigenvalue weighted by atomic mass is 10.2. The van der Waals surface area contributed by atoms with Crippen LogP contribution >= 0.6 is 0 Å². The second-order valence-corrected chi connectivity index (χ2v) is 4.54. The highest BCUT2D eigenvalue weighted by Crippen LogP contribution is 2.06. The average molecular weight is 232 g/mol. The molecule has 6 nitrogen and oxygen atoms in total. The summed E-state index contributed by atoms with van der Waals surface area (Å²) in [6.07, 6.45) is -1.06. The Labute approximate surface area is 95.1 Å². The standard InChI is InChI=1S/C10H20N2O4/c1-10(2,3)16-9(15)12-6-7(13)4-5-8(11)14/h7,13H,4-6H2,1-3H3,(H2,11,14)(H,12,15)/t7-/m1/s1. The van der Waals surface area contributed by atoms with Crippen molar-refractivity contribution in [2.45, 2.75) is 45.3 Å². The lowest BCUT2D eigenvalue weighted by Gasteiger charge is -2.20. The number of carbonyl (C=O) groups is 2. The first-order chi connectivity index (χ1) is 7.20. The predicted octanol–water partition coefficient (Wildman–Crippen LogP) is 0.138. The van der Waals surface area contributed by atoms with Gasteiger partial charge in [0.2, 0.25) is 5.91 Å². The van der Waals surface area contributed by atoms with E-state index in [4.69, 9.17) is 10.5 Å². The van der Waals surface area contributed by atoms with E-state index in [0.717, 1.165) is 0 Å². The zero-order valence-corrected chi connectivity index (χ0v) is 9.95. The number of alkyl carbamates (subject to hydrolysis) is 1. The van der Waals surface area contributed by atoms with E-state index in [9.17, 15) is 14.7 Å². The zero-order chi connectivity index (χ0) is 12.8. The van der Waals surface area contributed by atoms with Gasteiger partial charge in [0.25, 0.3) is 0 Å². The number of ether oxygens (including phenoxy) is 1. The summed E-state index contributed by atoms with van der Waals surface area (Å²) in [6.45, 7) is 5.28. The maximum Gasteiger partial charge on any atom is 0.407 e. The average Bonchev–Trinajstić information content (AvgIpc) is 2.08. The molecule has 0 aliphatic rings. The van der Waals surface area contributed by atoms with Gasteiger partial charge in [-0.2, -0.15) is 0 Å². The predicted molar refractivity (Wildman–Crippen MR) is 58.7 cm³/mol. The molecule has 0 spiro atoms. The van der Waals surface area contributed by atoms with Gasteiger partial charge in [-0.1, -0.05) is 0 Å². The summed E-state index contributed by atoms with van der Waals surface area (Å²) in [5.41, 5.74) is 4.35. The van der Waals surface area contributed by atoms with Crippen LogP contribution in [0.4, 0.5) is 4.79 Å². The number of hydrogen-bond acceptors (Lipinski definition) is 4. The molecule has 2 amide bonds. The molecule has 4 N–H and O–H groups in total. The fraction of sp³-hybridized carbons (Fsp3) is 0.800. The largest absolute Gasteiger partial charge is 0.444 e. The van der Waals surface area contributed by atoms with Gasteiger partial charge in [0.15, 0.2) is 0 Å². The Kier molecular flexibility index (Phi) is 5.81. The van der Waals surface area contributed by atoms with Crippen LogP contribution in [0, 0.1) is 0 Å². The number of nitrogens with two attached hydrogens (primary N) is 1. The fourth-order valence-corrected chi connectivity index (χ4v) is 0.926. The van der Waals surface area contributed by atoms with Gasteiger partial charge in [-0.3, -0.25) is 4.79 Å². The van der Waals surface area contributed by atoms with E-state index in [-0.39, 0.29) is 19.4 Å². The van der Waals surface area contributed by atoms with Gasteiger partial charge in [0.05, 0.1) is 6.10 Å². The van der Waals surface area contributed by atoms with Crippen LogP contribution in [0.2, 0.25) is 0 Å². The summed E-state index contributed by atoms with van der Waals surface area (Å²) in [7, 11) is 0. The highest BCUT2D eigenvalue weighted by atomic mass is 16.6. The van der Waals surface area contributed by atoms with Crippen molar-refractivity contribution in [1.29, 1.82) is 0 Å². The number of nitrogens with one attached hydrogen (secondary N) is 1. The van der Waals surface area contributed by atoms with Gasteiger partial charge in [0.1, 0.15) is 5.60 Å². The SMILES string of the molecule is CC(C)(C)OC(=O)NC[C@H](O)CCC(N)=O. The highest BCUT2D eigenvalue weighted by molar-refractivity contribution is 5.73. The van der Waals surface area contributed by atoms with Crippen molar-refractivity contribution >= 4 is 12.0 Å². The van der Waals surface area contributed by atoms with Crippen molar-refractivity contribution in [2.75, 3.05) is 6.54 Å². The van der Waals surface area contributed by atoms with Crippen LogP contribution < -0.4 is 11.1 Å². The van der Waals surface area contributed by atoms with E-state index in [1.165, 1.54) is 0 Å². The van der Waals surface area contributed by atoms with Gasteiger partial charge in [-0.25, -0.2) is 4.79 Å².